The van der Waals surface area contributed by atoms with E-state index in [0.29, 0.717) is 0 Å². The number of nitrogens with zero attached hydrogens (tertiary/aromatic N) is 2. The van der Waals surface area contributed by atoms with Crippen molar-refractivity contribution >= 4 is 5.69 Å². The van der Waals surface area contributed by atoms with Gasteiger partial charge in [-0.15, -0.1) is 0 Å². The molecule has 98 valence electrons. The predicted octanol–water partition coefficient (Wildman–Crippen LogP) is 1.94. The van der Waals surface area contributed by atoms with Gasteiger partial charge in [0.2, 0.25) is 0 Å². The average Bonchev–Trinajstić information content (AvgIpc) is 2.66. The van der Waals surface area contributed by atoms with Gasteiger partial charge in [-0.2, -0.15) is 0 Å². The normalized spacial score (nSPS) is 24.3. The van der Waals surface area contributed by atoms with Gasteiger partial charge >= 0.3 is 0 Å². The summed E-state index contributed by atoms with van der Waals surface area (Å²) in [5.74, 6) is 0. The van der Waals surface area contributed by atoms with E-state index in [1.165, 1.54) is 12.1 Å². The smallest absolute Gasteiger partial charge is 0.269 e. The standard InChI is InChI=1S/C13H18N2O3/c1-13(16)8-2-9-14(13)10-7-11-3-5-12(6-4-11)15(17)18/h3-6,16H,2,7-10H2,1H3/t13-/m0/s1. The summed E-state index contributed by atoms with van der Waals surface area (Å²) in [5, 5.41) is 20.6. The van der Waals surface area contributed by atoms with Gasteiger partial charge in [0.15, 0.2) is 0 Å². The van der Waals surface area contributed by atoms with Gasteiger partial charge in [0.25, 0.3) is 5.69 Å². The van der Waals surface area contributed by atoms with Crippen LogP contribution in [0.5, 0.6) is 0 Å². The monoisotopic (exact) mass is 250 g/mol. The summed E-state index contributed by atoms with van der Waals surface area (Å²) in [5.41, 5.74) is 0.482. The molecule has 0 unspecified atom stereocenters. The molecule has 0 aromatic heterocycles. The molecule has 1 aromatic rings. The second kappa shape index (κ2) is 5.04. The third-order valence-corrected chi connectivity index (χ3v) is 3.58. The summed E-state index contributed by atoms with van der Waals surface area (Å²) in [4.78, 5) is 12.2. The van der Waals surface area contributed by atoms with E-state index in [1.54, 1.807) is 12.1 Å². The summed E-state index contributed by atoms with van der Waals surface area (Å²) >= 11 is 0. The Bertz CT molecular complexity index is 428. The summed E-state index contributed by atoms with van der Waals surface area (Å²) in [6.45, 7) is 3.54. The van der Waals surface area contributed by atoms with Crippen molar-refractivity contribution in [2.75, 3.05) is 13.1 Å². The van der Waals surface area contributed by atoms with Crippen molar-refractivity contribution in [1.29, 1.82) is 0 Å². The van der Waals surface area contributed by atoms with Crippen LogP contribution in [-0.4, -0.2) is 33.7 Å². The molecule has 0 radical (unpaired) electrons. The van der Waals surface area contributed by atoms with Crippen LogP contribution in [-0.2, 0) is 6.42 Å². The van der Waals surface area contributed by atoms with Crippen LogP contribution < -0.4 is 0 Å². The second-order valence-corrected chi connectivity index (χ2v) is 4.98. The van der Waals surface area contributed by atoms with Gasteiger partial charge < -0.3 is 5.11 Å². The Labute approximate surface area is 106 Å². The number of hydrogen-bond acceptors (Lipinski definition) is 4. The van der Waals surface area contributed by atoms with Gasteiger partial charge in [-0.3, -0.25) is 15.0 Å². The minimum Gasteiger partial charge on any atom is -0.376 e. The molecule has 5 heteroatoms. The molecule has 1 aliphatic heterocycles. The first kappa shape index (κ1) is 13.0. The maximum atomic E-state index is 10.5. The molecular formula is C13H18N2O3. The van der Waals surface area contributed by atoms with E-state index in [4.69, 9.17) is 0 Å². The van der Waals surface area contributed by atoms with E-state index < -0.39 is 10.6 Å². The van der Waals surface area contributed by atoms with E-state index >= 15 is 0 Å². The molecule has 1 N–H and O–H groups in total. The lowest BCUT2D eigenvalue weighted by Crippen LogP contribution is -2.41. The third-order valence-electron chi connectivity index (χ3n) is 3.58. The van der Waals surface area contributed by atoms with Gasteiger partial charge in [-0.25, -0.2) is 0 Å². The maximum absolute atomic E-state index is 10.5. The largest absolute Gasteiger partial charge is 0.376 e. The van der Waals surface area contributed by atoms with Crippen molar-refractivity contribution in [1.82, 2.24) is 4.90 Å². The Kier molecular flexibility index (Phi) is 3.63. The number of non-ortho nitro benzene ring substituents is 1. The molecule has 1 fully saturated rings. The van der Waals surface area contributed by atoms with E-state index in [2.05, 4.69) is 4.90 Å². The highest BCUT2D eigenvalue weighted by atomic mass is 16.6. The van der Waals surface area contributed by atoms with Gasteiger partial charge in [0.05, 0.1) is 4.92 Å². The molecule has 1 atom stereocenters. The first-order chi connectivity index (χ1) is 8.49. The molecule has 0 amide bonds. The Morgan fingerprint density at radius 3 is 2.61 bits per heavy atom. The molecule has 1 aromatic carbocycles. The van der Waals surface area contributed by atoms with Gasteiger partial charge in [0, 0.05) is 25.2 Å². The molecule has 1 aliphatic rings. The van der Waals surface area contributed by atoms with Crippen molar-refractivity contribution in [2.45, 2.75) is 31.9 Å². The van der Waals surface area contributed by atoms with Crippen LogP contribution in [0.25, 0.3) is 0 Å². The number of likely N-dealkylation sites (tertiary alicyclic amines) is 1. The molecule has 0 saturated carbocycles. The minimum atomic E-state index is -0.694. The highest BCUT2D eigenvalue weighted by molar-refractivity contribution is 5.32. The summed E-state index contributed by atoms with van der Waals surface area (Å²) in [6, 6.07) is 6.61. The van der Waals surface area contributed by atoms with Gasteiger partial charge in [0.1, 0.15) is 5.72 Å². The van der Waals surface area contributed by atoms with E-state index in [1.807, 2.05) is 6.92 Å². The lowest BCUT2D eigenvalue weighted by molar-refractivity contribution is -0.384. The third kappa shape index (κ3) is 2.86. The van der Waals surface area contributed by atoms with Crippen LogP contribution in [0.15, 0.2) is 24.3 Å². The quantitative estimate of drug-likeness (QED) is 0.655. The first-order valence-corrected chi connectivity index (χ1v) is 6.20. The summed E-state index contributed by atoms with van der Waals surface area (Å²) in [7, 11) is 0. The van der Waals surface area contributed by atoms with Crippen molar-refractivity contribution < 1.29 is 10.0 Å². The molecule has 18 heavy (non-hydrogen) atoms. The van der Waals surface area contributed by atoms with Crippen LogP contribution in [0.3, 0.4) is 0 Å². The number of hydrogen-bond donors (Lipinski definition) is 1. The minimum absolute atomic E-state index is 0.118. The van der Waals surface area contributed by atoms with E-state index in [-0.39, 0.29) is 5.69 Å². The number of aliphatic hydroxyl groups is 1. The van der Waals surface area contributed by atoms with Crippen LogP contribution in [0, 0.1) is 10.1 Å². The fourth-order valence-electron chi connectivity index (χ4n) is 2.40. The molecule has 0 spiro atoms. The molecule has 0 aliphatic carbocycles. The Hall–Kier alpha value is -1.46. The molecule has 0 bridgehead atoms. The average molecular weight is 250 g/mol. The second-order valence-electron chi connectivity index (χ2n) is 4.98. The zero-order chi connectivity index (χ0) is 13.2. The predicted molar refractivity (Wildman–Crippen MR) is 68.2 cm³/mol. The number of rotatable bonds is 4. The van der Waals surface area contributed by atoms with Crippen molar-refractivity contribution in [3.8, 4) is 0 Å². The summed E-state index contributed by atoms with van der Waals surface area (Å²) < 4.78 is 0. The van der Waals surface area contributed by atoms with Crippen LogP contribution >= 0.6 is 0 Å². The highest BCUT2D eigenvalue weighted by Gasteiger charge is 2.33. The number of nitro benzene ring substituents is 1. The Balaban J connectivity index is 1.92. The summed E-state index contributed by atoms with van der Waals surface area (Å²) in [6.07, 6.45) is 2.63. The topological polar surface area (TPSA) is 66.6 Å². The lowest BCUT2D eigenvalue weighted by atomic mass is 10.1. The SMILES string of the molecule is C[C@]1(O)CCCN1CCc1ccc([N+](=O)[O-])cc1. The molecule has 2 rings (SSSR count). The van der Waals surface area contributed by atoms with Crippen molar-refractivity contribution in [2.24, 2.45) is 0 Å². The van der Waals surface area contributed by atoms with Crippen molar-refractivity contribution in [3.63, 3.8) is 0 Å². The fourth-order valence-corrected chi connectivity index (χ4v) is 2.40. The molecule has 1 heterocycles. The number of nitro groups is 1. The van der Waals surface area contributed by atoms with Crippen LogP contribution in [0.2, 0.25) is 0 Å². The molecule has 5 nitrogen and oxygen atoms in total. The lowest BCUT2D eigenvalue weighted by Gasteiger charge is -2.29. The van der Waals surface area contributed by atoms with Crippen molar-refractivity contribution in [3.05, 3.63) is 39.9 Å². The zero-order valence-electron chi connectivity index (χ0n) is 10.5. The maximum Gasteiger partial charge on any atom is 0.269 e. The highest BCUT2D eigenvalue weighted by Crippen LogP contribution is 2.26. The van der Waals surface area contributed by atoms with E-state index in [9.17, 15) is 15.2 Å². The van der Waals surface area contributed by atoms with Crippen LogP contribution in [0.1, 0.15) is 25.3 Å². The number of benzene rings is 1. The van der Waals surface area contributed by atoms with Crippen LogP contribution in [0.4, 0.5) is 5.69 Å². The first-order valence-electron chi connectivity index (χ1n) is 6.20. The molecular weight excluding hydrogens is 232 g/mol. The fraction of sp³-hybridized carbons (Fsp3) is 0.538. The Morgan fingerprint density at radius 1 is 1.44 bits per heavy atom. The van der Waals surface area contributed by atoms with E-state index in [0.717, 1.165) is 37.9 Å². The van der Waals surface area contributed by atoms with Gasteiger partial charge in [-0.1, -0.05) is 12.1 Å². The van der Waals surface area contributed by atoms with Gasteiger partial charge in [-0.05, 0) is 31.7 Å². The molecule has 1 saturated heterocycles. The Morgan fingerprint density at radius 2 is 2.11 bits per heavy atom. The zero-order valence-corrected chi connectivity index (χ0v) is 10.5.